The third-order valence-electron chi connectivity index (χ3n) is 3.81. The van der Waals surface area contributed by atoms with Crippen LogP contribution in [0.4, 0.5) is 11.4 Å². The van der Waals surface area contributed by atoms with E-state index >= 15 is 0 Å². The molecule has 0 bridgehead atoms. The Balaban J connectivity index is 1.67. The highest BCUT2D eigenvalue weighted by molar-refractivity contribution is 6.05. The van der Waals surface area contributed by atoms with Crippen molar-refractivity contribution in [3.8, 4) is 11.5 Å². The van der Waals surface area contributed by atoms with Crippen LogP contribution >= 0.6 is 0 Å². The molecule has 0 fully saturated rings. The Bertz CT molecular complexity index is 942. The number of rotatable bonds is 7. The molecule has 0 saturated heterocycles. The molecule has 0 unspecified atom stereocenters. The second-order valence-corrected chi connectivity index (χ2v) is 5.75. The molecule has 0 aliphatic carbocycles. The van der Waals surface area contributed by atoms with E-state index in [1.807, 2.05) is 36.4 Å². The van der Waals surface area contributed by atoms with E-state index in [1.165, 1.54) is 18.2 Å². The molecule has 0 aromatic heterocycles. The Morgan fingerprint density at radius 3 is 2.59 bits per heavy atom. The molecule has 0 aliphatic heterocycles. The molecule has 3 rings (SSSR count). The standard InChI is InChI=1S/C21H18N2O4/c24-14-22-19-11-16(9-10-20(19)25)21(26)23-17-7-4-8-18(12-17)27-13-15-5-2-1-3-6-15/h1-12,14,25H,13H2,(H,22,24)(H,23,26). The van der Waals surface area contributed by atoms with Gasteiger partial charge < -0.3 is 20.5 Å². The van der Waals surface area contributed by atoms with Crippen molar-refractivity contribution in [2.45, 2.75) is 6.61 Å². The average Bonchev–Trinajstić information content (AvgIpc) is 2.69. The van der Waals surface area contributed by atoms with E-state index in [4.69, 9.17) is 4.74 Å². The number of hydrogen-bond donors (Lipinski definition) is 3. The zero-order valence-corrected chi connectivity index (χ0v) is 14.4. The molecule has 27 heavy (non-hydrogen) atoms. The Morgan fingerprint density at radius 2 is 1.81 bits per heavy atom. The van der Waals surface area contributed by atoms with E-state index in [2.05, 4.69) is 10.6 Å². The van der Waals surface area contributed by atoms with E-state index in [0.29, 0.717) is 30.0 Å². The first kappa shape index (κ1) is 18.0. The molecule has 3 aromatic carbocycles. The van der Waals surface area contributed by atoms with E-state index < -0.39 is 0 Å². The summed E-state index contributed by atoms with van der Waals surface area (Å²) in [4.78, 5) is 23.0. The van der Waals surface area contributed by atoms with Gasteiger partial charge in [0.25, 0.3) is 5.91 Å². The first-order chi connectivity index (χ1) is 13.2. The minimum Gasteiger partial charge on any atom is -0.506 e. The van der Waals surface area contributed by atoms with Crippen molar-refractivity contribution in [2.24, 2.45) is 0 Å². The molecule has 2 amide bonds. The van der Waals surface area contributed by atoms with Gasteiger partial charge in [-0.2, -0.15) is 0 Å². The van der Waals surface area contributed by atoms with Gasteiger partial charge >= 0.3 is 0 Å². The topological polar surface area (TPSA) is 87.7 Å². The fraction of sp³-hybridized carbons (Fsp3) is 0.0476. The minimum absolute atomic E-state index is 0.116. The molecule has 3 aromatic rings. The van der Waals surface area contributed by atoms with Gasteiger partial charge in [0.05, 0.1) is 5.69 Å². The Kier molecular flexibility index (Phi) is 5.69. The summed E-state index contributed by atoms with van der Waals surface area (Å²) in [5.74, 6) is 0.143. The smallest absolute Gasteiger partial charge is 0.255 e. The molecule has 0 aliphatic rings. The monoisotopic (exact) mass is 362 g/mol. The molecule has 0 saturated carbocycles. The molecule has 3 N–H and O–H groups in total. The first-order valence-corrected chi connectivity index (χ1v) is 8.27. The second kappa shape index (κ2) is 8.53. The van der Waals surface area contributed by atoms with E-state index in [9.17, 15) is 14.7 Å². The maximum atomic E-state index is 12.4. The Hall–Kier alpha value is -3.80. The van der Waals surface area contributed by atoms with Crippen LogP contribution in [0.3, 0.4) is 0 Å². The number of phenols is 1. The lowest BCUT2D eigenvalue weighted by molar-refractivity contribution is -0.105. The molecule has 6 heteroatoms. The van der Waals surface area contributed by atoms with Gasteiger partial charge in [-0.25, -0.2) is 0 Å². The maximum absolute atomic E-state index is 12.4. The van der Waals surface area contributed by atoms with Crippen molar-refractivity contribution in [1.29, 1.82) is 0 Å². The largest absolute Gasteiger partial charge is 0.506 e. The van der Waals surface area contributed by atoms with Gasteiger partial charge in [-0.3, -0.25) is 9.59 Å². The number of benzene rings is 3. The van der Waals surface area contributed by atoms with Crippen molar-refractivity contribution in [1.82, 2.24) is 0 Å². The zero-order chi connectivity index (χ0) is 19.1. The van der Waals surface area contributed by atoms with E-state index in [0.717, 1.165) is 5.56 Å². The second-order valence-electron chi connectivity index (χ2n) is 5.75. The summed E-state index contributed by atoms with van der Waals surface area (Å²) < 4.78 is 5.75. The van der Waals surface area contributed by atoms with Crippen LogP contribution in [0.2, 0.25) is 0 Å². The van der Waals surface area contributed by atoms with Crippen molar-refractivity contribution in [3.63, 3.8) is 0 Å². The van der Waals surface area contributed by atoms with Crippen LogP contribution in [0.5, 0.6) is 11.5 Å². The molecular formula is C21H18N2O4. The first-order valence-electron chi connectivity index (χ1n) is 8.27. The zero-order valence-electron chi connectivity index (χ0n) is 14.4. The predicted octanol–water partition coefficient (Wildman–Crippen LogP) is 3.79. The highest BCUT2D eigenvalue weighted by atomic mass is 16.5. The number of aromatic hydroxyl groups is 1. The van der Waals surface area contributed by atoms with Gasteiger partial charge in [0.15, 0.2) is 0 Å². The fourth-order valence-electron chi connectivity index (χ4n) is 2.46. The number of carbonyl (C=O) groups excluding carboxylic acids is 2. The molecule has 0 atom stereocenters. The molecule has 0 heterocycles. The summed E-state index contributed by atoms with van der Waals surface area (Å²) in [5.41, 5.74) is 2.08. The quantitative estimate of drug-likeness (QED) is 0.441. The number of hydrogen-bond acceptors (Lipinski definition) is 4. The van der Waals surface area contributed by atoms with Crippen molar-refractivity contribution in [2.75, 3.05) is 10.6 Å². The summed E-state index contributed by atoms with van der Waals surface area (Å²) in [6.07, 6.45) is 0.435. The van der Waals surface area contributed by atoms with Gasteiger partial charge in [-0.1, -0.05) is 36.4 Å². The summed E-state index contributed by atoms with van der Waals surface area (Å²) in [6.45, 7) is 0.428. The van der Waals surface area contributed by atoms with Crippen molar-refractivity contribution >= 4 is 23.7 Å². The minimum atomic E-state index is -0.371. The molecule has 0 radical (unpaired) electrons. The summed E-state index contributed by atoms with van der Waals surface area (Å²) in [6, 6.07) is 21.1. The van der Waals surface area contributed by atoms with Crippen LogP contribution in [0, 0.1) is 0 Å². The van der Waals surface area contributed by atoms with Crippen LogP contribution < -0.4 is 15.4 Å². The van der Waals surface area contributed by atoms with Gasteiger partial charge in [0.1, 0.15) is 18.1 Å². The number of ether oxygens (including phenoxy) is 1. The van der Waals surface area contributed by atoms with Gasteiger partial charge in [0, 0.05) is 17.3 Å². The van der Waals surface area contributed by atoms with Crippen molar-refractivity contribution < 1.29 is 19.4 Å². The summed E-state index contributed by atoms with van der Waals surface area (Å²) >= 11 is 0. The van der Waals surface area contributed by atoms with Crippen LogP contribution in [-0.4, -0.2) is 17.4 Å². The number of nitrogens with one attached hydrogen (secondary N) is 2. The van der Waals surface area contributed by atoms with Gasteiger partial charge in [-0.05, 0) is 35.9 Å². The lowest BCUT2D eigenvalue weighted by atomic mass is 10.1. The highest BCUT2D eigenvalue weighted by Gasteiger charge is 2.10. The normalized spacial score (nSPS) is 10.1. The SMILES string of the molecule is O=CNc1cc(C(=O)Nc2cccc(OCc3ccccc3)c2)ccc1O. The summed E-state index contributed by atoms with van der Waals surface area (Å²) in [7, 11) is 0. The lowest BCUT2D eigenvalue weighted by Crippen LogP contribution is -2.12. The Labute approximate surface area is 156 Å². The number of anilines is 2. The van der Waals surface area contributed by atoms with Gasteiger partial charge in [-0.15, -0.1) is 0 Å². The third-order valence-corrected chi connectivity index (χ3v) is 3.81. The number of amides is 2. The van der Waals surface area contributed by atoms with E-state index in [1.54, 1.807) is 18.2 Å². The molecular weight excluding hydrogens is 344 g/mol. The van der Waals surface area contributed by atoms with Crippen LogP contribution in [0.1, 0.15) is 15.9 Å². The number of phenolic OH excluding ortho intramolecular Hbond substituents is 1. The van der Waals surface area contributed by atoms with Crippen LogP contribution in [0.15, 0.2) is 72.8 Å². The van der Waals surface area contributed by atoms with E-state index in [-0.39, 0.29) is 17.3 Å². The van der Waals surface area contributed by atoms with Crippen molar-refractivity contribution in [3.05, 3.63) is 83.9 Å². The average molecular weight is 362 g/mol. The lowest BCUT2D eigenvalue weighted by Gasteiger charge is -2.10. The number of carbonyl (C=O) groups is 2. The highest BCUT2D eigenvalue weighted by Crippen LogP contribution is 2.25. The molecule has 136 valence electrons. The van der Waals surface area contributed by atoms with Crippen LogP contribution in [-0.2, 0) is 11.4 Å². The van der Waals surface area contributed by atoms with Crippen LogP contribution in [0.25, 0.3) is 0 Å². The fourth-order valence-corrected chi connectivity index (χ4v) is 2.46. The Morgan fingerprint density at radius 1 is 1.00 bits per heavy atom. The predicted molar refractivity (Wildman–Crippen MR) is 103 cm³/mol. The summed E-state index contributed by atoms with van der Waals surface area (Å²) in [5, 5.41) is 14.8. The molecule has 0 spiro atoms. The molecule has 6 nitrogen and oxygen atoms in total. The van der Waals surface area contributed by atoms with Gasteiger partial charge in [0.2, 0.25) is 6.41 Å². The third kappa shape index (κ3) is 4.85. The maximum Gasteiger partial charge on any atom is 0.255 e.